The number of nitrogens with zero attached hydrogens (tertiary/aromatic N) is 3. The third-order valence-electron chi connectivity index (χ3n) is 13.0. The summed E-state index contributed by atoms with van der Waals surface area (Å²) in [6.45, 7) is 0. The molecule has 0 saturated heterocycles. The largest absolute Gasteiger partial charge is 0.208 e. The quantitative estimate of drug-likeness (QED) is 0.174. The summed E-state index contributed by atoms with van der Waals surface area (Å²) in [4.78, 5) is 15.4. The van der Waals surface area contributed by atoms with E-state index in [0.29, 0.717) is 17.5 Å². The number of hydrogen-bond donors (Lipinski definition) is 0. The molecule has 0 N–H and O–H groups in total. The lowest BCUT2D eigenvalue weighted by Crippen LogP contribution is -2.25. The minimum Gasteiger partial charge on any atom is -0.208 e. The highest BCUT2D eigenvalue weighted by atomic mass is 32.1. The van der Waals surface area contributed by atoms with Gasteiger partial charge in [-0.3, -0.25) is 0 Å². The Morgan fingerprint density at radius 1 is 0.290 bits per heavy atom. The van der Waals surface area contributed by atoms with Crippen LogP contribution in [0.2, 0.25) is 0 Å². The first kappa shape index (κ1) is 35.0. The molecule has 288 valence electrons. The third-order valence-corrected chi connectivity index (χ3v) is 14.1. The molecule has 2 heterocycles. The topological polar surface area (TPSA) is 38.7 Å². The van der Waals surface area contributed by atoms with Gasteiger partial charge in [0.1, 0.15) is 0 Å². The van der Waals surface area contributed by atoms with Crippen LogP contribution in [0.15, 0.2) is 212 Å². The van der Waals surface area contributed by atoms with Crippen molar-refractivity contribution < 1.29 is 0 Å². The summed E-state index contributed by atoms with van der Waals surface area (Å²) >= 11 is 1.84. The fourth-order valence-corrected chi connectivity index (χ4v) is 11.4. The zero-order chi connectivity index (χ0) is 40.8. The van der Waals surface area contributed by atoms with Gasteiger partial charge in [-0.05, 0) is 91.0 Å². The molecule has 2 aromatic heterocycles. The van der Waals surface area contributed by atoms with Crippen LogP contribution in [0.25, 0.3) is 98.8 Å². The first-order valence-electron chi connectivity index (χ1n) is 21.1. The Balaban J connectivity index is 0.920. The number of benzene rings is 9. The highest BCUT2D eigenvalue weighted by molar-refractivity contribution is 7.25. The van der Waals surface area contributed by atoms with Crippen LogP contribution in [0.4, 0.5) is 0 Å². The van der Waals surface area contributed by atoms with Gasteiger partial charge in [0, 0.05) is 36.9 Å². The predicted molar refractivity (Wildman–Crippen MR) is 256 cm³/mol. The van der Waals surface area contributed by atoms with Gasteiger partial charge in [-0.25, -0.2) is 15.0 Å². The van der Waals surface area contributed by atoms with Gasteiger partial charge in [0.25, 0.3) is 0 Å². The second kappa shape index (κ2) is 13.6. The lowest BCUT2D eigenvalue weighted by atomic mass is 9.70. The van der Waals surface area contributed by atoms with Gasteiger partial charge in [0.15, 0.2) is 17.5 Å². The molecule has 11 aromatic rings. The smallest absolute Gasteiger partial charge is 0.164 e. The second-order valence-corrected chi connectivity index (χ2v) is 17.3. The van der Waals surface area contributed by atoms with Gasteiger partial charge >= 0.3 is 0 Å². The SMILES string of the molecule is c1ccc(-c2nc(-c3ccc(-c4cccc5c4-c4ccccc4C54c5ccccc5-c5ccccc54)cc3)nc(-c3cccc(-c4ccc5sc6ccccc6c5c4)c3)n2)cc1. The second-order valence-electron chi connectivity index (χ2n) is 16.3. The van der Waals surface area contributed by atoms with E-state index in [1.165, 1.54) is 75.8 Å². The molecule has 13 rings (SSSR count). The van der Waals surface area contributed by atoms with E-state index in [1.807, 2.05) is 29.5 Å². The number of rotatable bonds is 5. The Hall–Kier alpha value is -7.79. The average molecular weight is 806 g/mol. The van der Waals surface area contributed by atoms with Gasteiger partial charge in [-0.2, -0.15) is 0 Å². The van der Waals surface area contributed by atoms with Gasteiger partial charge in [-0.15, -0.1) is 11.3 Å². The molecule has 0 amide bonds. The standard InChI is InChI=1S/C58H35N3S/c1-2-14-37(15-3-1)55-59-56(61-57(60-55)41-17-12-16-39(34-41)40-32-33-53-47(35-40)45-20-7-11-27-52(45)62-53)38-30-28-36(29-31-38)42-22-13-26-51-54(42)46-21-6-10-25-50(46)58(51)48-23-8-4-18-43(48)44-19-5-9-24-49(44)58/h1-35H. The van der Waals surface area contributed by atoms with E-state index in [2.05, 4.69) is 194 Å². The summed E-state index contributed by atoms with van der Waals surface area (Å²) in [6.07, 6.45) is 0. The molecule has 0 aliphatic heterocycles. The Morgan fingerprint density at radius 2 is 0.758 bits per heavy atom. The maximum atomic E-state index is 5.18. The van der Waals surface area contributed by atoms with Crippen molar-refractivity contribution in [2.75, 3.05) is 0 Å². The van der Waals surface area contributed by atoms with Crippen molar-refractivity contribution in [2.45, 2.75) is 5.41 Å². The summed E-state index contributed by atoms with van der Waals surface area (Å²) in [5, 5.41) is 2.58. The fourth-order valence-electron chi connectivity index (χ4n) is 10.3. The van der Waals surface area contributed by atoms with E-state index in [4.69, 9.17) is 15.0 Å². The van der Waals surface area contributed by atoms with Crippen LogP contribution in [-0.4, -0.2) is 15.0 Å². The summed E-state index contributed by atoms with van der Waals surface area (Å²) in [6, 6.07) is 76.8. The number of thiophene rings is 1. The summed E-state index contributed by atoms with van der Waals surface area (Å²) < 4.78 is 2.60. The molecular weight excluding hydrogens is 771 g/mol. The minimum atomic E-state index is -0.382. The van der Waals surface area contributed by atoms with Crippen LogP contribution in [0.3, 0.4) is 0 Å². The maximum absolute atomic E-state index is 5.18. The fraction of sp³-hybridized carbons (Fsp3) is 0.0172. The molecule has 0 fully saturated rings. The van der Waals surface area contributed by atoms with Crippen LogP contribution in [0.1, 0.15) is 22.3 Å². The number of fused-ring (bicyclic) bond motifs is 13. The van der Waals surface area contributed by atoms with Gasteiger partial charge in [0.05, 0.1) is 5.41 Å². The predicted octanol–water partition coefficient (Wildman–Crippen LogP) is 14.9. The number of hydrogen-bond acceptors (Lipinski definition) is 4. The van der Waals surface area contributed by atoms with E-state index in [-0.39, 0.29) is 5.41 Å². The molecule has 4 heteroatoms. The molecule has 9 aromatic carbocycles. The highest BCUT2D eigenvalue weighted by Gasteiger charge is 2.51. The van der Waals surface area contributed by atoms with E-state index < -0.39 is 0 Å². The monoisotopic (exact) mass is 805 g/mol. The van der Waals surface area contributed by atoms with Gasteiger partial charge in [0.2, 0.25) is 0 Å². The van der Waals surface area contributed by atoms with Gasteiger partial charge in [-0.1, -0.05) is 188 Å². The summed E-state index contributed by atoms with van der Waals surface area (Å²) in [5.74, 6) is 1.92. The van der Waals surface area contributed by atoms with Crippen LogP contribution in [0, 0.1) is 0 Å². The normalized spacial score (nSPS) is 13.0. The molecule has 3 nitrogen and oxygen atoms in total. The molecule has 0 bridgehead atoms. The van der Waals surface area contributed by atoms with Crippen LogP contribution in [0.5, 0.6) is 0 Å². The third kappa shape index (κ3) is 5.14. The molecule has 0 radical (unpaired) electrons. The van der Waals surface area contributed by atoms with Crippen LogP contribution < -0.4 is 0 Å². The van der Waals surface area contributed by atoms with Crippen molar-refractivity contribution in [1.82, 2.24) is 15.0 Å². The lowest BCUT2D eigenvalue weighted by molar-refractivity contribution is 0.794. The number of aromatic nitrogens is 3. The lowest BCUT2D eigenvalue weighted by Gasteiger charge is -2.30. The summed E-state index contributed by atoms with van der Waals surface area (Å²) in [7, 11) is 0. The van der Waals surface area contributed by atoms with E-state index >= 15 is 0 Å². The minimum absolute atomic E-state index is 0.382. The Bertz CT molecular complexity index is 3540. The molecule has 2 aliphatic rings. The molecular formula is C58H35N3S. The van der Waals surface area contributed by atoms with Crippen LogP contribution in [-0.2, 0) is 5.41 Å². The van der Waals surface area contributed by atoms with Crippen molar-refractivity contribution in [1.29, 1.82) is 0 Å². The van der Waals surface area contributed by atoms with E-state index in [1.54, 1.807) is 0 Å². The van der Waals surface area contributed by atoms with Crippen LogP contribution >= 0.6 is 11.3 Å². The van der Waals surface area contributed by atoms with Crippen molar-refractivity contribution in [2.24, 2.45) is 0 Å². The van der Waals surface area contributed by atoms with Crippen molar-refractivity contribution >= 4 is 31.5 Å². The van der Waals surface area contributed by atoms with Crippen molar-refractivity contribution in [3.63, 3.8) is 0 Å². The first-order chi connectivity index (χ1) is 30.7. The first-order valence-corrected chi connectivity index (χ1v) is 21.9. The molecule has 1 spiro atoms. The van der Waals surface area contributed by atoms with Crippen molar-refractivity contribution in [3.8, 4) is 78.7 Å². The Kier molecular flexibility index (Phi) is 7.69. The average Bonchev–Trinajstić information content (AvgIpc) is 3.98. The molecule has 2 aliphatic carbocycles. The zero-order valence-corrected chi connectivity index (χ0v) is 34.3. The molecule has 0 saturated carbocycles. The Morgan fingerprint density at radius 3 is 1.50 bits per heavy atom. The molecule has 0 atom stereocenters. The highest BCUT2D eigenvalue weighted by Crippen LogP contribution is 2.63. The zero-order valence-electron chi connectivity index (χ0n) is 33.5. The summed E-state index contributed by atoms with van der Waals surface area (Å²) in [5.41, 5.74) is 17.7. The maximum Gasteiger partial charge on any atom is 0.164 e. The van der Waals surface area contributed by atoms with Crippen molar-refractivity contribution in [3.05, 3.63) is 235 Å². The van der Waals surface area contributed by atoms with E-state index in [0.717, 1.165) is 27.8 Å². The van der Waals surface area contributed by atoms with Gasteiger partial charge < -0.3 is 0 Å². The Labute approximate surface area is 363 Å². The molecule has 62 heavy (non-hydrogen) atoms. The molecule has 0 unspecified atom stereocenters. The van der Waals surface area contributed by atoms with E-state index in [9.17, 15) is 0 Å².